The minimum absolute atomic E-state index is 0.346. The summed E-state index contributed by atoms with van der Waals surface area (Å²) in [6.45, 7) is 6.46. The van der Waals surface area contributed by atoms with Crippen molar-refractivity contribution in [1.29, 1.82) is 0 Å². The summed E-state index contributed by atoms with van der Waals surface area (Å²) in [6, 6.07) is 8.21. The summed E-state index contributed by atoms with van der Waals surface area (Å²) in [7, 11) is 0. The molecule has 0 unspecified atom stereocenters. The third-order valence-electron chi connectivity index (χ3n) is 2.82. The normalized spacial score (nSPS) is 10.6. The predicted octanol–water partition coefficient (Wildman–Crippen LogP) is 4.19. The molecule has 0 saturated carbocycles. The van der Waals surface area contributed by atoms with Crippen molar-refractivity contribution in [2.75, 3.05) is 11.9 Å². The molecule has 0 saturated heterocycles. The van der Waals surface area contributed by atoms with E-state index in [-0.39, 0.29) is 5.97 Å². The maximum absolute atomic E-state index is 11.5. The van der Waals surface area contributed by atoms with E-state index in [0.717, 1.165) is 5.69 Å². The van der Waals surface area contributed by atoms with Gasteiger partial charge < -0.3 is 10.1 Å². The van der Waals surface area contributed by atoms with Crippen LogP contribution in [0.4, 0.5) is 10.8 Å². The molecule has 1 aromatic heterocycles. The number of ether oxygens (including phenoxy) is 1. The van der Waals surface area contributed by atoms with Crippen LogP contribution in [0, 0.1) is 0 Å². The third-order valence-corrected chi connectivity index (χ3v) is 3.58. The van der Waals surface area contributed by atoms with Crippen LogP contribution in [0.1, 0.15) is 42.7 Å². The lowest BCUT2D eigenvalue weighted by Gasteiger charge is -2.07. The van der Waals surface area contributed by atoms with Crippen LogP contribution in [0.15, 0.2) is 29.6 Å². The number of anilines is 2. The Bertz CT molecular complexity index is 576. The fraction of sp³-hybridized carbons (Fsp3) is 0.333. The monoisotopic (exact) mass is 290 g/mol. The van der Waals surface area contributed by atoms with Gasteiger partial charge in [0, 0.05) is 11.1 Å². The molecular formula is C15H18N2O2S. The van der Waals surface area contributed by atoms with E-state index < -0.39 is 0 Å². The molecule has 0 radical (unpaired) electrons. The van der Waals surface area contributed by atoms with Gasteiger partial charge in [0.25, 0.3) is 0 Å². The van der Waals surface area contributed by atoms with E-state index >= 15 is 0 Å². The van der Waals surface area contributed by atoms with Crippen molar-refractivity contribution in [2.45, 2.75) is 26.7 Å². The second-order valence-corrected chi connectivity index (χ2v) is 5.52. The van der Waals surface area contributed by atoms with Gasteiger partial charge in [-0.1, -0.05) is 26.0 Å². The van der Waals surface area contributed by atoms with Crippen LogP contribution < -0.4 is 5.32 Å². The Morgan fingerprint density at radius 1 is 1.35 bits per heavy atom. The van der Waals surface area contributed by atoms with Gasteiger partial charge in [0.1, 0.15) is 0 Å². The molecule has 1 N–H and O–H groups in total. The summed E-state index contributed by atoms with van der Waals surface area (Å²) in [4.78, 5) is 15.7. The van der Waals surface area contributed by atoms with Crippen LogP contribution in [0.25, 0.3) is 0 Å². The highest BCUT2D eigenvalue weighted by molar-refractivity contribution is 7.14. The standard InChI is InChI=1S/C15H18N2O2S/c1-4-19-14(18)13-9-20-15(17-13)16-12-7-5-11(6-8-12)10(2)3/h5-10H,4H2,1-3H3,(H,16,17). The van der Waals surface area contributed by atoms with Gasteiger partial charge in [-0.2, -0.15) is 0 Å². The first-order chi connectivity index (χ1) is 9.60. The molecule has 0 aliphatic carbocycles. The Kier molecular flexibility index (Phi) is 4.74. The molecular weight excluding hydrogens is 272 g/mol. The topological polar surface area (TPSA) is 51.2 Å². The highest BCUT2D eigenvalue weighted by atomic mass is 32.1. The van der Waals surface area contributed by atoms with Gasteiger partial charge in [0.05, 0.1) is 6.61 Å². The van der Waals surface area contributed by atoms with E-state index in [0.29, 0.717) is 23.4 Å². The molecule has 0 atom stereocenters. The smallest absolute Gasteiger partial charge is 0.357 e. The predicted molar refractivity (Wildman–Crippen MR) is 81.9 cm³/mol. The summed E-state index contributed by atoms with van der Waals surface area (Å²) < 4.78 is 4.91. The first-order valence-corrected chi connectivity index (χ1v) is 7.47. The summed E-state index contributed by atoms with van der Waals surface area (Å²) in [5.74, 6) is 0.131. The van der Waals surface area contributed by atoms with E-state index in [4.69, 9.17) is 4.74 Å². The summed E-state index contributed by atoms with van der Waals surface area (Å²) in [5, 5.41) is 5.57. The molecule has 0 fully saturated rings. The minimum atomic E-state index is -0.382. The second-order valence-electron chi connectivity index (χ2n) is 4.66. The van der Waals surface area contributed by atoms with Gasteiger partial charge in [-0.05, 0) is 30.5 Å². The van der Waals surface area contributed by atoms with E-state index in [2.05, 4.69) is 36.3 Å². The van der Waals surface area contributed by atoms with Gasteiger partial charge in [-0.15, -0.1) is 11.3 Å². The average Bonchev–Trinajstić information content (AvgIpc) is 2.88. The van der Waals surface area contributed by atoms with Gasteiger partial charge >= 0.3 is 5.97 Å². The molecule has 20 heavy (non-hydrogen) atoms. The number of hydrogen-bond donors (Lipinski definition) is 1. The lowest BCUT2D eigenvalue weighted by atomic mass is 10.0. The zero-order valence-corrected chi connectivity index (χ0v) is 12.7. The Labute approximate surface area is 122 Å². The van der Waals surface area contributed by atoms with Crippen molar-refractivity contribution in [1.82, 2.24) is 4.98 Å². The van der Waals surface area contributed by atoms with Gasteiger partial charge in [-0.25, -0.2) is 9.78 Å². The molecule has 1 aromatic carbocycles. The number of aromatic nitrogens is 1. The maximum atomic E-state index is 11.5. The minimum Gasteiger partial charge on any atom is -0.461 e. The molecule has 2 rings (SSSR count). The van der Waals surface area contributed by atoms with Crippen LogP contribution in [0.3, 0.4) is 0 Å². The molecule has 0 aliphatic rings. The number of nitrogens with one attached hydrogen (secondary N) is 1. The van der Waals surface area contributed by atoms with E-state index in [1.165, 1.54) is 16.9 Å². The van der Waals surface area contributed by atoms with Crippen molar-refractivity contribution in [3.05, 3.63) is 40.9 Å². The quantitative estimate of drug-likeness (QED) is 0.839. The molecule has 0 aliphatic heterocycles. The molecule has 0 spiro atoms. The molecule has 1 heterocycles. The summed E-state index contributed by atoms with van der Waals surface area (Å²) in [5.41, 5.74) is 2.60. The Balaban J connectivity index is 2.05. The Morgan fingerprint density at radius 2 is 2.05 bits per heavy atom. The fourth-order valence-electron chi connectivity index (χ4n) is 1.70. The van der Waals surface area contributed by atoms with Gasteiger partial charge in [0.2, 0.25) is 0 Å². The second kappa shape index (κ2) is 6.52. The largest absolute Gasteiger partial charge is 0.461 e. The Hall–Kier alpha value is -1.88. The first kappa shape index (κ1) is 14.5. The van der Waals surface area contributed by atoms with Crippen molar-refractivity contribution in [2.24, 2.45) is 0 Å². The van der Waals surface area contributed by atoms with Crippen LogP contribution in [-0.2, 0) is 4.74 Å². The van der Waals surface area contributed by atoms with Crippen LogP contribution in [-0.4, -0.2) is 17.6 Å². The van der Waals surface area contributed by atoms with Crippen LogP contribution >= 0.6 is 11.3 Å². The zero-order chi connectivity index (χ0) is 14.5. The highest BCUT2D eigenvalue weighted by Crippen LogP contribution is 2.23. The lowest BCUT2D eigenvalue weighted by molar-refractivity contribution is 0.0520. The first-order valence-electron chi connectivity index (χ1n) is 6.59. The summed E-state index contributed by atoms with van der Waals surface area (Å²) in [6.07, 6.45) is 0. The van der Waals surface area contributed by atoms with Gasteiger partial charge in [0.15, 0.2) is 10.8 Å². The number of esters is 1. The molecule has 5 heteroatoms. The molecule has 2 aromatic rings. The molecule has 106 valence electrons. The lowest BCUT2D eigenvalue weighted by Crippen LogP contribution is -2.05. The highest BCUT2D eigenvalue weighted by Gasteiger charge is 2.11. The number of rotatable bonds is 5. The SMILES string of the molecule is CCOC(=O)c1csc(Nc2ccc(C(C)C)cc2)n1. The number of carbonyl (C=O) groups excluding carboxylic acids is 1. The molecule has 0 amide bonds. The number of benzene rings is 1. The third kappa shape index (κ3) is 3.57. The number of nitrogens with zero attached hydrogens (tertiary/aromatic N) is 1. The zero-order valence-electron chi connectivity index (χ0n) is 11.8. The average molecular weight is 290 g/mol. The van der Waals surface area contributed by atoms with Gasteiger partial charge in [-0.3, -0.25) is 0 Å². The van der Waals surface area contributed by atoms with E-state index in [1.807, 2.05) is 12.1 Å². The number of carbonyl (C=O) groups is 1. The summed E-state index contributed by atoms with van der Waals surface area (Å²) >= 11 is 1.39. The number of thiazole rings is 1. The molecule has 4 nitrogen and oxygen atoms in total. The van der Waals surface area contributed by atoms with Crippen LogP contribution in [0.2, 0.25) is 0 Å². The Morgan fingerprint density at radius 3 is 2.65 bits per heavy atom. The van der Waals surface area contributed by atoms with Crippen molar-refractivity contribution < 1.29 is 9.53 Å². The van der Waals surface area contributed by atoms with Crippen LogP contribution in [0.5, 0.6) is 0 Å². The number of hydrogen-bond acceptors (Lipinski definition) is 5. The van der Waals surface area contributed by atoms with E-state index in [9.17, 15) is 4.79 Å². The maximum Gasteiger partial charge on any atom is 0.357 e. The van der Waals surface area contributed by atoms with Crippen molar-refractivity contribution in [3.8, 4) is 0 Å². The fourth-order valence-corrected chi connectivity index (χ4v) is 2.40. The molecule has 0 bridgehead atoms. The van der Waals surface area contributed by atoms with Crippen molar-refractivity contribution in [3.63, 3.8) is 0 Å². The van der Waals surface area contributed by atoms with E-state index in [1.54, 1.807) is 12.3 Å². The van der Waals surface area contributed by atoms with Crippen molar-refractivity contribution >= 4 is 28.1 Å².